The molecule has 38 heavy (non-hydrogen) atoms. The average molecular weight is 511 g/mol. The molecule has 1 saturated carbocycles. The second-order valence-corrected chi connectivity index (χ2v) is 11.3. The Bertz CT molecular complexity index is 1210. The van der Waals surface area contributed by atoms with Crippen LogP contribution in [-0.2, 0) is 23.1 Å². The van der Waals surface area contributed by atoms with Crippen LogP contribution in [0.25, 0.3) is 0 Å². The number of anilines is 2. The number of benzene rings is 3. The summed E-state index contributed by atoms with van der Waals surface area (Å²) in [6.07, 6.45) is 10.0. The summed E-state index contributed by atoms with van der Waals surface area (Å²) in [6.45, 7) is 3.36. The van der Waals surface area contributed by atoms with E-state index in [0.717, 1.165) is 42.4 Å². The van der Waals surface area contributed by atoms with Crippen LogP contribution in [0, 0.1) is 11.8 Å². The van der Waals surface area contributed by atoms with Crippen LogP contribution >= 0.6 is 0 Å². The minimum atomic E-state index is 0.0732. The lowest BCUT2D eigenvalue weighted by Crippen LogP contribution is -2.48. The molecular weight excluding hydrogens is 468 g/mol. The molecule has 2 aliphatic carbocycles. The number of fused-ring (bicyclic) bond motifs is 3. The highest BCUT2D eigenvalue weighted by molar-refractivity contribution is 5.90. The van der Waals surface area contributed by atoms with Gasteiger partial charge in [-0.3, -0.25) is 4.79 Å². The highest BCUT2D eigenvalue weighted by Gasteiger charge is 2.48. The van der Waals surface area contributed by atoms with Crippen molar-refractivity contribution >= 4 is 17.3 Å². The van der Waals surface area contributed by atoms with Gasteiger partial charge in [0.25, 0.3) is 0 Å². The minimum Gasteiger partial charge on any atom is -0.497 e. The van der Waals surface area contributed by atoms with E-state index in [2.05, 4.69) is 60.0 Å². The topological polar surface area (TPSA) is 50.4 Å². The molecule has 0 aromatic heterocycles. The summed E-state index contributed by atoms with van der Waals surface area (Å²) in [5.74, 6) is 2.30. The van der Waals surface area contributed by atoms with Gasteiger partial charge in [0.15, 0.2) is 0 Å². The number of carbonyl (C=O) groups excluding carboxylic acids is 1. The molecule has 0 heterocycles. The number of amides is 1. The number of nitrogens with one attached hydrogen (secondary N) is 2. The molecule has 0 saturated heterocycles. The predicted molar refractivity (Wildman–Crippen MR) is 157 cm³/mol. The Morgan fingerprint density at radius 2 is 1.79 bits per heavy atom. The highest BCUT2D eigenvalue weighted by Crippen LogP contribution is 2.54. The third-order valence-corrected chi connectivity index (χ3v) is 9.07. The fourth-order valence-electron chi connectivity index (χ4n) is 7.05. The Morgan fingerprint density at radius 1 is 1.00 bits per heavy atom. The maximum absolute atomic E-state index is 12.4. The van der Waals surface area contributed by atoms with Crippen molar-refractivity contribution in [2.45, 2.75) is 70.1 Å². The minimum absolute atomic E-state index is 0.0732. The van der Waals surface area contributed by atoms with Crippen LogP contribution in [0.1, 0.15) is 68.6 Å². The Labute approximate surface area is 228 Å². The molecule has 0 aliphatic heterocycles. The first kappa shape index (κ1) is 26.3. The third kappa shape index (κ3) is 5.75. The van der Waals surface area contributed by atoms with Crippen molar-refractivity contribution in [3.63, 3.8) is 0 Å². The molecule has 4 nitrogen and oxygen atoms in total. The molecule has 3 aromatic rings. The van der Waals surface area contributed by atoms with Gasteiger partial charge in [-0.1, -0.05) is 56.2 Å². The van der Waals surface area contributed by atoms with Crippen molar-refractivity contribution in [1.29, 1.82) is 0 Å². The van der Waals surface area contributed by atoms with Crippen LogP contribution in [0.15, 0.2) is 72.8 Å². The van der Waals surface area contributed by atoms with Crippen LogP contribution in [-0.4, -0.2) is 19.6 Å². The van der Waals surface area contributed by atoms with Crippen molar-refractivity contribution in [2.24, 2.45) is 11.8 Å². The summed E-state index contributed by atoms with van der Waals surface area (Å²) in [4.78, 5) is 12.4. The van der Waals surface area contributed by atoms with Crippen molar-refractivity contribution in [3.05, 3.63) is 89.5 Å². The number of rotatable bonds is 10. The monoisotopic (exact) mass is 510 g/mol. The molecule has 0 bridgehead atoms. The SMILES string of the molecule is COc1ccc2c(c1)[C@]1([C@@H](C)CNc3ccc(NC(=O)CCCc4ccccc4)cc3)CCCCC1CC2. The molecule has 0 radical (unpaired) electrons. The van der Waals surface area contributed by atoms with Gasteiger partial charge >= 0.3 is 0 Å². The zero-order valence-electron chi connectivity index (χ0n) is 23.0. The summed E-state index contributed by atoms with van der Waals surface area (Å²) in [6, 6.07) is 25.3. The van der Waals surface area contributed by atoms with E-state index < -0.39 is 0 Å². The van der Waals surface area contributed by atoms with E-state index >= 15 is 0 Å². The molecule has 2 aliphatic rings. The van der Waals surface area contributed by atoms with E-state index in [1.54, 1.807) is 7.11 Å². The number of hydrogen-bond acceptors (Lipinski definition) is 3. The standard InChI is InChI=1S/C34H42N2O2/c1-25(34-22-7-6-12-28(34)16-14-27-15-21-31(38-2)23-32(27)34)24-35-29-17-19-30(20-18-29)36-33(37)13-8-11-26-9-4-3-5-10-26/h3-5,9-10,15,17-21,23,25,28,35H,6-8,11-14,16,22,24H2,1-2H3,(H,36,37)/t25-,28?,34-/m0/s1. The molecule has 3 atom stereocenters. The van der Waals surface area contributed by atoms with E-state index in [4.69, 9.17) is 4.74 Å². The summed E-state index contributed by atoms with van der Waals surface area (Å²) in [5.41, 5.74) is 6.49. The summed E-state index contributed by atoms with van der Waals surface area (Å²) < 4.78 is 5.65. The first-order chi connectivity index (χ1) is 18.6. The van der Waals surface area contributed by atoms with Crippen LogP contribution in [0.2, 0.25) is 0 Å². The maximum atomic E-state index is 12.4. The van der Waals surface area contributed by atoms with Crippen LogP contribution < -0.4 is 15.4 Å². The molecule has 1 amide bonds. The average Bonchev–Trinajstić information content (AvgIpc) is 2.96. The zero-order valence-corrected chi connectivity index (χ0v) is 23.0. The van der Waals surface area contributed by atoms with Gasteiger partial charge in [0.2, 0.25) is 5.91 Å². The Kier molecular flexibility index (Phi) is 8.36. The van der Waals surface area contributed by atoms with Gasteiger partial charge < -0.3 is 15.4 Å². The first-order valence-corrected chi connectivity index (χ1v) is 14.4. The predicted octanol–water partition coefficient (Wildman–Crippen LogP) is 7.78. The lowest BCUT2D eigenvalue weighted by atomic mass is 9.52. The first-order valence-electron chi connectivity index (χ1n) is 14.4. The largest absolute Gasteiger partial charge is 0.497 e. The summed E-state index contributed by atoms with van der Waals surface area (Å²) in [5, 5.41) is 6.77. The molecule has 2 N–H and O–H groups in total. The Hall–Kier alpha value is -3.27. The Balaban J connectivity index is 1.19. The van der Waals surface area contributed by atoms with Crippen molar-refractivity contribution in [3.8, 4) is 5.75 Å². The molecule has 4 heteroatoms. The highest BCUT2D eigenvalue weighted by atomic mass is 16.5. The quantitative estimate of drug-likeness (QED) is 0.293. The molecular formula is C34H42N2O2. The van der Waals surface area contributed by atoms with Gasteiger partial charge in [0, 0.05) is 29.8 Å². The molecule has 1 unspecified atom stereocenters. The number of methoxy groups -OCH3 is 1. The Morgan fingerprint density at radius 3 is 2.58 bits per heavy atom. The molecule has 200 valence electrons. The van der Waals surface area contributed by atoms with Crippen LogP contribution in [0.4, 0.5) is 11.4 Å². The van der Waals surface area contributed by atoms with E-state index in [1.165, 1.54) is 55.2 Å². The van der Waals surface area contributed by atoms with Gasteiger partial charge in [-0.25, -0.2) is 0 Å². The third-order valence-electron chi connectivity index (χ3n) is 9.07. The molecule has 3 aromatic carbocycles. The molecule has 0 spiro atoms. The number of ether oxygens (including phenoxy) is 1. The fraction of sp³-hybridized carbons (Fsp3) is 0.441. The van der Waals surface area contributed by atoms with Gasteiger partial charge in [0.05, 0.1) is 7.11 Å². The summed E-state index contributed by atoms with van der Waals surface area (Å²) >= 11 is 0. The number of carbonyl (C=O) groups is 1. The van der Waals surface area contributed by atoms with Gasteiger partial charge in [-0.15, -0.1) is 0 Å². The van der Waals surface area contributed by atoms with E-state index in [1.807, 2.05) is 30.3 Å². The second kappa shape index (κ2) is 12.1. The fourth-order valence-corrected chi connectivity index (χ4v) is 7.05. The normalized spacial score (nSPS) is 21.1. The summed E-state index contributed by atoms with van der Waals surface area (Å²) in [7, 11) is 1.78. The second-order valence-electron chi connectivity index (χ2n) is 11.3. The van der Waals surface area contributed by atoms with Crippen molar-refractivity contribution < 1.29 is 9.53 Å². The number of hydrogen-bond donors (Lipinski definition) is 2. The van der Waals surface area contributed by atoms with Crippen molar-refractivity contribution in [1.82, 2.24) is 0 Å². The molecule has 1 fully saturated rings. The molecule has 5 rings (SSSR count). The lowest BCUT2D eigenvalue weighted by molar-refractivity contribution is -0.116. The maximum Gasteiger partial charge on any atom is 0.224 e. The van der Waals surface area contributed by atoms with E-state index in [9.17, 15) is 4.79 Å². The zero-order chi connectivity index (χ0) is 26.4. The van der Waals surface area contributed by atoms with Crippen LogP contribution in [0.3, 0.4) is 0 Å². The van der Waals surface area contributed by atoms with Gasteiger partial charge in [-0.2, -0.15) is 0 Å². The van der Waals surface area contributed by atoms with Crippen molar-refractivity contribution in [2.75, 3.05) is 24.3 Å². The number of aryl methyl sites for hydroxylation is 2. The van der Waals surface area contributed by atoms with E-state index in [-0.39, 0.29) is 11.3 Å². The van der Waals surface area contributed by atoms with E-state index in [0.29, 0.717) is 12.3 Å². The van der Waals surface area contributed by atoms with Gasteiger partial charge in [-0.05, 0) is 103 Å². The lowest BCUT2D eigenvalue weighted by Gasteiger charge is -2.52. The van der Waals surface area contributed by atoms with Crippen LogP contribution in [0.5, 0.6) is 5.75 Å². The van der Waals surface area contributed by atoms with Gasteiger partial charge in [0.1, 0.15) is 5.75 Å². The smallest absolute Gasteiger partial charge is 0.224 e.